The van der Waals surface area contributed by atoms with Gasteiger partial charge in [0.1, 0.15) is 5.82 Å². The van der Waals surface area contributed by atoms with Crippen molar-refractivity contribution in [2.75, 3.05) is 6.54 Å². The van der Waals surface area contributed by atoms with Gasteiger partial charge < -0.3 is 11.1 Å². The summed E-state index contributed by atoms with van der Waals surface area (Å²) in [5.41, 5.74) is 5.69. The average molecular weight is 285 g/mol. The van der Waals surface area contributed by atoms with Gasteiger partial charge >= 0.3 is 0 Å². The SMILES string of the molecule is NCC1(NC(=O)Cc2c(F)cccc2Cl)CCCC1. The quantitative estimate of drug-likeness (QED) is 0.892. The lowest BCUT2D eigenvalue weighted by atomic mass is 9.97. The van der Waals surface area contributed by atoms with E-state index in [0.717, 1.165) is 25.7 Å². The zero-order chi connectivity index (χ0) is 13.9. The number of carbonyl (C=O) groups is 1. The van der Waals surface area contributed by atoms with E-state index >= 15 is 0 Å². The van der Waals surface area contributed by atoms with Crippen LogP contribution in [0.1, 0.15) is 31.2 Å². The molecule has 0 bridgehead atoms. The Morgan fingerprint density at radius 3 is 2.68 bits per heavy atom. The number of hydrogen-bond acceptors (Lipinski definition) is 2. The highest BCUT2D eigenvalue weighted by molar-refractivity contribution is 6.31. The molecule has 0 aromatic heterocycles. The molecule has 0 aliphatic heterocycles. The van der Waals surface area contributed by atoms with Crippen molar-refractivity contribution in [2.24, 2.45) is 5.73 Å². The summed E-state index contributed by atoms with van der Waals surface area (Å²) in [5.74, 6) is -0.671. The summed E-state index contributed by atoms with van der Waals surface area (Å²) >= 11 is 5.91. The van der Waals surface area contributed by atoms with Gasteiger partial charge in [-0.05, 0) is 25.0 Å². The lowest BCUT2D eigenvalue weighted by Crippen LogP contribution is -2.52. The molecular weight excluding hydrogens is 267 g/mol. The van der Waals surface area contributed by atoms with E-state index in [1.54, 1.807) is 6.07 Å². The fourth-order valence-electron chi connectivity index (χ4n) is 2.63. The van der Waals surface area contributed by atoms with Crippen LogP contribution in [0, 0.1) is 5.82 Å². The Balaban J connectivity index is 2.05. The van der Waals surface area contributed by atoms with Crippen LogP contribution in [-0.2, 0) is 11.2 Å². The molecule has 3 nitrogen and oxygen atoms in total. The van der Waals surface area contributed by atoms with Crippen LogP contribution in [0.4, 0.5) is 4.39 Å². The number of nitrogens with two attached hydrogens (primary N) is 1. The monoisotopic (exact) mass is 284 g/mol. The summed E-state index contributed by atoms with van der Waals surface area (Å²) in [7, 11) is 0. The first-order chi connectivity index (χ1) is 9.06. The normalized spacial score (nSPS) is 17.4. The first-order valence-corrected chi connectivity index (χ1v) is 6.88. The minimum absolute atomic E-state index is 0.0484. The van der Waals surface area contributed by atoms with Crippen molar-refractivity contribution < 1.29 is 9.18 Å². The van der Waals surface area contributed by atoms with E-state index in [1.807, 2.05) is 0 Å². The molecule has 1 saturated carbocycles. The molecule has 0 atom stereocenters. The molecule has 1 aromatic carbocycles. The summed E-state index contributed by atoms with van der Waals surface area (Å²) in [5, 5.41) is 3.24. The Morgan fingerprint density at radius 1 is 1.42 bits per heavy atom. The van der Waals surface area contributed by atoms with Crippen molar-refractivity contribution >= 4 is 17.5 Å². The summed E-state index contributed by atoms with van der Waals surface area (Å²) in [6.45, 7) is 0.420. The first kappa shape index (κ1) is 14.3. The standard InChI is InChI=1S/C14H18ClFN2O/c15-11-4-3-5-12(16)10(11)8-13(19)18-14(9-17)6-1-2-7-14/h3-5H,1-2,6-9,17H2,(H,18,19). The topological polar surface area (TPSA) is 55.1 Å². The van der Waals surface area contributed by atoms with Gasteiger partial charge in [0, 0.05) is 17.1 Å². The molecule has 1 aliphatic rings. The maximum Gasteiger partial charge on any atom is 0.225 e. The molecule has 104 valence electrons. The number of halogens is 2. The Morgan fingerprint density at radius 2 is 2.11 bits per heavy atom. The van der Waals surface area contributed by atoms with Crippen molar-refractivity contribution in [3.8, 4) is 0 Å². The smallest absolute Gasteiger partial charge is 0.225 e. The van der Waals surface area contributed by atoms with Gasteiger partial charge in [-0.1, -0.05) is 30.5 Å². The predicted molar refractivity (Wildman–Crippen MR) is 73.5 cm³/mol. The molecule has 0 heterocycles. The third-order valence-corrected chi connectivity index (χ3v) is 4.11. The summed E-state index contributed by atoms with van der Waals surface area (Å²) in [6, 6.07) is 4.42. The third-order valence-electron chi connectivity index (χ3n) is 3.76. The van der Waals surface area contributed by atoms with Crippen LogP contribution in [0.3, 0.4) is 0 Å². The number of rotatable bonds is 4. The molecule has 19 heavy (non-hydrogen) atoms. The first-order valence-electron chi connectivity index (χ1n) is 6.50. The van der Waals surface area contributed by atoms with Crippen molar-refractivity contribution in [1.82, 2.24) is 5.32 Å². The average Bonchev–Trinajstić information content (AvgIpc) is 2.83. The molecule has 0 saturated heterocycles. The molecule has 1 fully saturated rings. The van der Waals surface area contributed by atoms with Gasteiger partial charge in [-0.15, -0.1) is 0 Å². The third kappa shape index (κ3) is 3.25. The minimum atomic E-state index is -0.448. The highest BCUT2D eigenvalue weighted by Gasteiger charge is 2.33. The van der Waals surface area contributed by atoms with Crippen LogP contribution in [0.25, 0.3) is 0 Å². The summed E-state index contributed by atoms with van der Waals surface area (Å²) < 4.78 is 13.6. The largest absolute Gasteiger partial charge is 0.349 e. The second-order valence-electron chi connectivity index (χ2n) is 5.12. The van der Waals surface area contributed by atoms with Crippen molar-refractivity contribution in [1.29, 1.82) is 0 Å². The van der Waals surface area contributed by atoms with Crippen molar-refractivity contribution in [2.45, 2.75) is 37.6 Å². The van der Waals surface area contributed by atoms with Gasteiger partial charge in [0.05, 0.1) is 12.0 Å². The van der Waals surface area contributed by atoms with E-state index in [0.29, 0.717) is 6.54 Å². The maximum absolute atomic E-state index is 13.6. The molecule has 1 amide bonds. The van der Waals surface area contributed by atoms with Crippen LogP contribution >= 0.6 is 11.6 Å². The minimum Gasteiger partial charge on any atom is -0.349 e. The lowest BCUT2D eigenvalue weighted by molar-refractivity contribution is -0.122. The fraction of sp³-hybridized carbons (Fsp3) is 0.500. The van der Waals surface area contributed by atoms with Gasteiger partial charge in [-0.2, -0.15) is 0 Å². The van der Waals surface area contributed by atoms with E-state index in [2.05, 4.69) is 5.32 Å². The van der Waals surface area contributed by atoms with Crippen LogP contribution in [0.15, 0.2) is 18.2 Å². The molecule has 5 heteroatoms. The van der Waals surface area contributed by atoms with Gasteiger partial charge in [0.2, 0.25) is 5.91 Å². The highest BCUT2D eigenvalue weighted by Crippen LogP contribution is 2.29. The molecule has 0 spiro atoms. The zero-order valence-corrected chi connectivity index (χ0v) is 11.5. The number of carbonyl (C=O) groups excluding carboxylic acids is 1. The number of hydrogen-bond donors (Lipinski definition) is 2. The molecule has 0 unspecified atom stereocenters. The zero-order valence-electron chi connectivity index (χ0n) is 10.7. The van der Waals surface area contributed by atoms with Crippen molar-refractivity contribution in [3.05, 3.63) is 34.6 Å². The van der Waals surface area contributed by atoms with E-state index < -0.39 is 5.82 Å². The van der Waals surface area contributed by atoms with Crippen molar-refractivity contribution in [3.63, 3.8) is 0 Å². The Bertz CT molecular complexity index is 452. The van der Waals surface area contributed by atoms with E-state index in [9.17, 15) is 9.18 Å². The number of nitrogens with one attached hydrogen (secondary N) is 1. The lowest BCUT2D eigenvalue weighted by Gasteiger charge is -2.28. The molecule has 0 radical (unpaired) electrons. The maximum atomic E-state index is 13.6. The van der Waals surface area contributed by atoms with Crippen LogP contribution in [-0.4, -0.2) is 18.0 Å². The van der Waals surface area contributed by atoms with Gasteiger partial charge in [-0.25, -0.2) is 4.39 Å². The molecule has 1 aromatic rings. The summed E-state index contributed by atoms with van der Waals surface area (Å²) in [4.78, 5) is 12.0. The van der Waals surface area contributed by atoms with E-state index in [-0.39, 0.29) is 28.5 Å². The van der Waals surface area contributed by atoms with Crippen LogP contribution in [0.5, 0.6) is 0 Å². The molecule has 2 rings (SSSR count). The van der Waals surface area contributed by atoms with E-state index in [4.69, 9.17) is 17.3 Å². The number of amides is 1. The summed E-state index contributed by atoms with van der Waals surface area (Å²) in [6.07, 6.45) is 3.86. The second-order valence-corrected chi connectivity index (χ2v) is 5.52. The second kappa shape index (κ2) is 5.88. The Hall–Kier alpha value is -1.13. The molecule has 3 N–H and O–H groups in total. The highest BCUT2D eigenvalue weighted by atomic mass is 35.5. The fourth-order valence-corrected chi connectivity index (χ4v) is 2.86. The molecular formula is C14H18ClFN2O. The van der Waals surface area contributed by atoms with Gasteiger partial charge in [0.25, 0.3) is 0 Å². The number of benzene rings is 1. The Labute approximate surface area is 117 Å². The van der Waals surface area contributed by atoms with Crippen LogP contribution < -0.4 is 11.1 Å². The van der Waals surface area contributed by atoms with Crippen LogP contribution in [0.2, 0.25) is 5.02 Å². The van der Waals surface area contributed by atoms with Gasteiger partial charge in [-0.3, -0.25) is 4.79 Å². The Kier molecular flexibility index (Phi) is 4.42. The van der Waals surface area contributed by atoms with E-state index in [1.165, 1.54) is 12.1 Å². The molecule has 1 aliphatic carbocycles. The predicted octanol–water partition coefficient (Wildman–Crippen LogP) is 2.41. The van der Waals surface area contributed by atoms with Gasteiger partial charge in [0.15, 0.2) is 0 Å².